The number of nitrogens with one attached hydrogen (secondary N) is 1. The van der Waals surface area contributed by atoms with Gasteiger partial charge in [0.1, 0.15) is 33.9 Å². The molecule has 0 amide bonds. The first-order valence-corrected chi connectivity index (χ1v) is 14.1. The van der Waals surface area contributed by atoms with Gasteiger partial charge in [0.2, 0.25) is 4.90 Å². The maximum absolute atomic E-state index is 10.8. The maximum atomic E-state index is 10.8. The average molecular weight is 581 g/mol. The van der Waals surface area contributed by atoms with Crippen molar-refractivity contribution in [3.63, 3.8) is 0 Å². The summed E-state index contributed by atoms with van der Waals surface area (Å²) in [6, 6.07) is 12.5. The first kappa shape index (κ1) is 31.0. The molecule has 0 bridgehead atoms. The van der Waals surface area contributed by atoms with E-state index in [-0.39, 0.29) is 23.3 Å². The van der Waals surface area contributed by atoms with E-state index < -0.39 is 46.8 Å². The zero-order valence-electron chi connectivity index (χ0n) is 22.7. The number of benzene rings is 2. The lowest BCUT2D eigenvalue weighted by Crippen LogP contribution is -3.21. The van der Waals surface area contributed by atoms with Crippen LogP contribution in [-0.4, -0.2) is 51.0 Å². The normalized spacial score (nSPS) is 28.9. The fraction of sp³-hybridized carbons (Fsp3) is 0.520. The SMILES string of the molecule is CC[C@@H]1[NH+](Cc2ccccc2)[C@H](C)[C@H](C)[C@]2(C)O[C@]12CC.O=[N+]([O-])c1cc([N+](=O)[O-])c(S(=O)(=O)[O-])c([N+](=O)[O-])c1. The fourth-order valence-corrected chi connectivity index (χ4v) is 7.04. The lowest BCUT2D eigenvalue weighted by Gasteiger charge is -2.45. The zero-order valence-corrected chi connectivity index (χ0v) is 23.5. The molecule has 0 aromatic heterocycles. The quantitative estimate of drug-likeness (QED) is 0.209. The highest BCUT2D eigenvalue weighted by Crippen LogP contribution is 2.59. The van der Waals surface area contributed by atoms with Crippen molar-refractivity contribution in [2.75, 3.05) is 0 Å². The van der Waals surface area contributed by atoms with Crippen molar-refractivity contribution in [1.29, 1.82) is 0 Å². The van der Waals surface area contributed by atoms with Gasteiger partial charge in [0, 0.05) is 11.5 Å². The Bertz CT molecular complexity index is 1380. The molecule has 2 aromatic carbocycles. The third-order valence-corrected chi connectivity index (χ3v) is 9.40. The van der Waals surface area contributed by atoms with Crippen molar-refractivity contribution in [1.82, 2.24) is 0 Å². The monoisotopic (exact) mass is 580 g/mol. The molecular formula is C25H32N4O10S. The van der Waals surface area contributed by atoms with Gasteiger partial charge < -0.3 is 14.2 Å². The number of hydrogen-bond donors (Lipinski definition) is 1. The van der Waals surface area contributed by atoms with Crippen LogP contribution in [-0.2, 0) is 21.4 Å². The molecule has 2 aliphatic heterocycles. The van der Waals surface area contributed by atoms with Crippen LogP contribution in [0.4, 0.5) is 17.1 Å². The Hall–Kier alpha value is -3.53. The number of hydrogen-bond acceptors (Lipinski definition) is 10. The summed E-state index contributed by atoms with van der Waals surface area (Å²) < 4.78 is 38.9. The molecule has 0 radical (unpaired) electrons. The third kappa shape index (κ3) is 5.41. The number of nitro groups is 3. The second-order valence-corrected chi connectivity index (χ2v) is 11.6. The van der Waals surface area contributed by atoms with Gasteiger partial charge in [0.25, 0.3) is 5.69 Å². The van der Waals surface area contributed by atoms with Crippen molar-refractivity contribution in [3.05, 3.63) is 78.4 Å². The molecule has 2 aliphatic rings. The average Bonchev–Trinajstić information content (AvgIpc) is 3.53. The number of nitro benzene ring substituents is 3. The molecule has 0 aliphatic carbocycles. The van der Waals surface area contributed by atoms with E-state index in [0.29, 0.717) is 18.0 Å². The second kappa shape index (κ2) is 11.2. The molecule has 2 heterocycles. The van der Waals surface area contributed by atoms with Gasteiger partial charge in [-0.15, -0.1) is 0 Å². The summed E-state index contributed by atoms with van der Waals surface area (Å²) in [7, 11) is -5.55. The summed E-state index contributed by atoms with van der Waals surface area (Å²) in [6.45, 7) is 12.9. The molecule has 14 nitrogen and oxygen atoms in total. The van der Waals surface area contributed by atoms with Gasteiger partial charge in [-0.1, -0.05) is 51.1 Å². The van der Waals surface area contributed by atoms with Crippen molar-refractivity contribution >= 4 is 27.2 Å². The Labute approximate surface area is 231 Å². The lowest BCUT2D eigenvalue weighted by atomic mass is 9.70. The largest absolute Gasteiger partial charge is 0.744 e. The Kier molecular flexibility index (Phi) is 8.65. The maximum Gasteiger partial charge on any atom is 0.300 e. The van der Waals surface area contributed by atoms with E-state index in [1.54, 1.807) is 4.90 Å². The Morgan fingerprint density at radius 3 is 1.88 bits per heavy atom. The van der Waals surface area contributed by atoms with E-state index in [0.717, 1.165) is 13.0 Å². The van der Waals surface area contributed by atoms with Crippen LogP contribution >= 0.6 is 0 Å². The molecular weight excluding hydrogens is 548 g/mol. The number of ether oxygens (including phenoxy) is 1. The first-order valence-electron chi connectivity index (χ1n) is 12.7. The lowest BCUT2D eigenvalue weighted by molar-refractivity contribution is -0.972. The molecule has 6 atom stereocenters. The minimum atomic E-state index is -5.55. The van der Waals surface area contributed by atoms with E-state index in [9.17, 15) is 43.3 Å². The van der Waals surface area contributed by atoms with Gasteiger partial charge in [0.15, 0.2) is 0 Å². The van der Waals surface area contributed by atoms with Crippen LogP contribution in [0.1, 0.15) is 53.0 Å². The number of nitrogens with zero attached hydrogens (tertiary/aromatic N) is 3. The van der Waals surface area contributed by atoms with Gasteiger partial charge >= 0.3 is 11.4 Å². The summed E-state index contributed by atoms with van der Waals surface area (Å²) in [5, 5.41) is 31.6. The minimum absolute atomic E-state index is 0.0992. The fourth-order valence-electron chi connectivity index (χ4n) is 6.26. The number of non-ortho nitro benzene ring substituents is 1. The van der Waals surface area contributed by atoms with Crippen molar-refractivity contribution in [2.24, 2.45) is 5.92 Å². The van der Waals surface area contributed by atoms with E-state index >= 15 is 0 Å². The first-order chi connectivity index (χ1) is 18.6. The van der Waals surface area contributed by atoms with Crippen LogP contribution in [0.15, 0.2) is 47.4 Å². The van der Waals surface area contributed by atoms with Crippen LogP contribution in [0.25, 0.3) is 0 Å². The molecule has 0 saturated carbocycles. The summed E-state index contributed by atoms with van der Waals surface area (Å²) in [5.41, 5.74) is -2.46. The number of rotatable bonds is 8. The van der Waals surface area contributed by atoms with Gasteiger partial charge in [-0.2, -0.15) is 0 Å². The van der Waals surface area contributed by atoms with Crippen LogP contribution in [0.5, 0.6) is 0 Å². The predicted molar refractivity (Wildman–Crippen MR) is 141 cm³/mol. The smallest absolute Gasteiger partial charge is 0.300 e. The second-order valence-electron chi connectivity index (χ2n) is 10.3. The summed E-state index contributed by atoms with van der Waals surface area (Å²) in [6.07, 6.45) is 2.33. The summed E-state index contributed by atoms with van der Waals surface area (Å²) in [5.74, 6) is 0.610. The Morgan fingerprint density at radius 1 is 0.950 bits per heavy atom. The molecule has 1 N–H and O–H groups in total. The van der Waals surface area contributed by atoms with E-state index in [4.69, 9.17) is 4.74 Å². The van der Waals surface area contributed by atoms with E-state index in [1.165, 1.54) is 12.0 Å². The van der Waals surface area contributed by atoms with E-state index in [2.05, 4.69) is 65.0 Å². The number of quaternary nitrogens is 1. The highest BCUT2D eigenvalue weighted by Gasteiger charge is 2.78. The van der Waals surface area contributed by atoms with Crippen LogP contribution in [0.2, 0.25) is 0 Å². The number of piperidine rings is 1. The topological polar surface area (TPSA) is 204 Å². The molecule has 2 fully saturated rings. The molecule has 15 heteroatoms. The zero-order chi connectivity index (χ0) is 30.2. The van der Waals surface area contributed by atoms with Gasteiger partial charge in [-0.25, -0.2) is 8.42 Å². The number of epoxide rings is 1. The third-order valence-electron chi connectivity index (χ3n) is 8.48. The van der Waals surface area contributed by atoms with Gasteiger partial charge in [-0.3, -0.25) is 30.3 Å². The number of fused-ring (bicyclic) bond motifs is 1. The standard InChI is InChI=1S/C19H29NO.C6H3N3O9S/c1-6-17-19(7-2)18(5,21-19)14(3)15(4)20(17)13-16-11-9-8-10-12-16;10-7(11)3-1-4(8(12)13)6(19(16,17)18)5(2-3)9(14)15/h8-12,14-15,17H,6-7,13H2,1-5H3;1-2H,(H,16,17,18)/t14-,15+,17-,18-,19+;/m0./s1. The van der Waals surface area contributed by atoms with Crippen molar-refractivity contribution in [3.8, 4) is 0 Å². The Balaban J connectivity index is 0.000000222. The van der Waals surface area contributed by atoms with Crippen LogP contribution in [0.3, 0.4) is 0 Å². The van der Waals surface area contributed by atoms with E-state index in [1.807, 2.05) is 0 Å². The van der Waals surface area contributed by atoms with Crippen molar-refractivity contribution in [2.45, 2.75) is 82.2 Å². The number of likely N-dealkylation sites (tertiary alicyclic amines) is 1. The molecule has 2 saturated heterocycles. The molecule has 218 valence electrons. The molecule has 40 heavy (non-hydrogen) atoms. The highest BCUT2D eigenvalue weighted by atomic mass is 32.2. The van der Waals surface area contributed by atoms with Gasteiger partial charge in [-0.05, 0) is 26.7 Å². The summed E-state index contributed by atoms with van der Waals surface area (Å²) in [4.78, 5) is 27.6. The predicted octanol–water partition coefficient (Wildman–Crippen LogP) is 3.14. The molecule has 4 rings (SSSR count). The van der Waals surface area contributed by atoms with Crippen LogP contribution < -0.4 is 4.90 Å². The van der Waals surface area contributed by atoms with Crippen molar-refractivity contribution < 1.29 is 37.4 Å². The highest BCUT2D eigenvalue weighted by molar-refractivity contribution is 7.86. The minimum Gasteiger partial charge on any atom is -0.744 e. The Morgan fingerprint density at radius 2 is 1.48 bits per heavy atom. The van der Waals surface area contributed by atoms with Gasteiger partial charge in [0.05, 0.1) is 32.9 Å². The summed E-state index contributed by atoms with van der Waals surface area (Å²) >= 11 is 0. The molecule has 2 aromatic rings. The molecule has 1 unspecified atom stereocenters. The van der Waals surface area contributed by atoms with Crippen LogP contribution in [0, 0.1) is 36.3 Å². The molecule has 0 spiro atoms.